The van der Waals surface area contributed by atoms with E-state index < -0.39 is 49.5 Å². The van der Waals surface area contributed by atoms with E-state index in [1.165, 1.54) is 161 Å². The van der Waals surface area contributed by atoms with Crippen molar-refractivity contribution in [2.45, 2.75) is 269 Å². The molecule has 1 aliphatic rings. The Hall–Kier alpha value is -1.85. The first-order valence-corrected chi connectivity index (χ1v) is 25.9. The molecule has 6 N–H and O–H groups in total. The molecule has 9 heteroatoms. The number of aliphatic hydroxyl groups excluding tert-OH is 5. The molecule has 62 heavy (non-hydrogen) atoms. The van der Waals surface area contributed by atoms with E-state index in [4.69, 9.17) is 9.47 Å². The van der Waals surface area contributed by atoms with Gasteiger partial charge in [-0.1, -0.05) is 204 Å². The van der Waals surface area contributed by atoms with Gasteiger partial charge in [-0.15, -0.1) is 0 Å². The maximum atomic E-state index is 13.0. The van der Waals surface area contributed by atoms with Crippen molar-refractivity contribution in [3.63, 3.8) is 0 Å². The van der Waals surface area contributed by atoms with Crippen molar-refractivity contribution >= 4 is 5.91 Å². The number of ether oxygens (including phenoxy) is 2. The molecule has 7 unspecified atom stereocenters. The van der Waals surface area contributed by atoms with Crippen LogP contribution in [0.25, 0.3) is 0 Å². The van der Waals surface area contributed by atoms with E-state index in [2.05, 4.69) is 55.6 Å². The monoisotopic (exact) mass is 876 g/mol. The summed E-state index contributed by atoms with van der Waals surface area (Å²) in [6.07, 6.45) is 49.0. The fourth-order valence-corrected chi connectivity index (χ4v) is 7.97. The van der Waals surface area contributed by atoms with Crippen molar-refractivity contribution in [2.75, 3.05) is 13.2 Å². The van der Waals surface area contributed by atoms with Crippen LogP contribution in [0.4, 0.5) is 0 Å². The van der Waals surface area contributed by atoms with Crippen LogP contribution in [0.3, 0.4) is 0 Å². The van der Waals surface area contributed by atoms with Gasteiger partial charge >= 0.3 is 0 Å². The molecule has 0 bridgehead atoms. The molecule has 0 aromatic rings. The van der Waals surface area contributed by atoms with Gasteiger partial charge in [0.2, 0.25) is 5.91 Å². The number of aliphatic hydroxyl groups is 5. The molecule has 0 radical (unpaired) electrons. The normalized spacial score (nSPS) is 20.7. The molecular weight excluding hydrogens is 779 g/mol. The second-order valence-corrected chi connectivity index (χ2v) is 18.0. The number of hydrogen-bond acceptors (Lipinski definition) is 8. The summed E-state index contributed by atoms with van der Waals surface area (Å²) in [5.74, 6) is -0.190. The summed E-state index contributed by atoms with van der Waals surface area (Å²) < 4.78 is 11.2. The van der Waals surface area contributed by atoms with Gasteiger partial charge < -0.3 is 40.3 Å². The fraction of sp³-hybridized carbons (Fsp3) is 0.830. The van der Waals surface area contributed by atoms with Crippen LogP contribution in [-0.4, -0.2) is 87.5 Å². The predicted molar refractivity (Wildman–Crippen MR) is 258 cm³/mol. The molecule has 1 heterocycles. The molecule has 0 aromatic heterocycles. The van der Waals surface area contributed by atoms with E-state index in [0.29, 0.717) is 6.42 Å². The lowest BCUT2D eigenvalue weighted by molar-refractivity contribution is -0.302. The van der Waals surface area contributed by atoms with Crippen molar-refractivity contribution in [2.24, 2.45) is 0 Å². The molecule has 1 aliphatic heterocycles. The van der Waals surface area contributed by atoms with E-state index >= 15 is 0 Å². The number of unbranched alkanes of at least 4 members (excludes halogenated alkanes) is 27. The maximum Gasteiger partial charge on any atom is 0.220 e. The highest BCUT2D eigenvalue weighted by molar-refractivity contribution is 5.76. The van der Waals surface area contributed by atoms with Gasteiger partial charge in [0.15, 0.2) is 6.29 Å². The molecule has 7 atom stereocenters. The molecule has 1 saturated heterocycles. The Labute approximate surface area is 380 Å². The van der Waals surface area contributed by atoms with Crippen LogP contribution in [0.5, 0.6) is 0 Å². The van der Waals surface area contributed by atoms with Crippen LogP contribution in [-0.2, 0) is 14.3 Å². The van der Waals surface area contributed by atoms with Crippen molar-refractivity contribution < 1.29 is 39.8 Å². The van der Waals surface area contributed by atoms with E-state index in [-0.39, 0.29) is 12.5 Å². The van der Waals surface area contributed by atoms with Crippen LogP contribution < -0.4 is 5.32 Å². The molecule has 1 rings (SSSR count). The Morgan fingerprint density at radius 3 is 1.47 bits per heavy atom. The molecule has 1 fully saturated rings. The molecule has 9 nitrogen and oxygen atoms in total. The largest absolute Gasteiger partial charge is 0.394 e. The molecule has 0 aromatic carbocycles. The van der Waals surface area contributed by atoms with Gasteiger partial charge in [-0.25, -0.2) is 0 Å². The van der Waals surface area contributed by atoms with Crippen LogP contribution in [0.15, 0.2) is 48.6 Å². The molecule has 0 saturated carbocycles. The van der Waals surface area contributed by atoms with Gasteiger partial charge in [0.05, 0.1) is 25.4 Å². The van der Waals surface area contributed by atoms with Gasteiger partial charge in [0.25, 0.3) is 0 Å². The number of allylic oxidation sites excluding steroid dienone is 7. The van der Waals surface area contributed by atoms with E-state index in [9.17, 15) is 30.3 Å². The van der Waals surface area contributed by atoms with Crippen LogP contribution >= 0.6 is 0 Å². The highest BCUT2D eigenvalue weighted by Gasteiger charge is 2.44. The Balaban J connectivity index is 2.16. The minimum absolute atomic E-state index is 0.190. The first-order chi connectivity index (χ1) is 30.3. The summed E-state index contributed by atoms with van der Waals surface area (Å²) in [6, 6.07) is -0.820. The van der Waals surface area contributed by atoms with Gasteiger partial charge in [-0.2, -0.15) is 0 Å². The van der Waals surface area contributed by atoms with Crippen molar-refractivity contribution in [1.29, 1.82) is 0 Å². The van der Waals surface area contributed by atoms with Crippen molar-refractivity contribution in [3.05, 3.63) is 48.6 Å². The number of hydrogen-bond donors (Lipinski definition) is 6. The standard InChI is InChI=1S/C53H97NO8/c1-3-5-7-9-11-13-15-16-17-18-19-20-21-22-23-24-25-26-27-28-29-30-31-32-33-35-37-39-41-43-49(57)54-46(45-61-53-52(60)51(59)50(58)48(44-55)62-53)47(56)42-40-38-36-34-14-12-10-8-6-4-2/h14,19-20,22-23,34,40,42,46-48,50-53,55-56,58-60H,3-13,15-18,21,24-33,35-39,41,43-45H2,1-2H3,(H,54,57)/b20-19-,23-22-,34-14+,42-40+. The maximum absolute atomic E-state index is 13.0. The van der Waals surface area contributed by atoms with Crippen LogP contribution in [0.1, 0.15) is 226 Å². The van der Waals surface area contributed by atoms with Gasteiger partial charge in [-0.3, -0.25) is 4.79 Å². The third kappa shape index (κ3) is 32.8. The Morgan fingerprint density at radius 2 is 0.968 bits per heavy atom. The van der Waals surface area contributed by atoms with Gasteiger partial charge in [-0.05, 0) is 64.2 Å². The molecule has 0 aliphatic carbocycles. The second kappa shape index (κ2) is 43.1. The minimum Gasteiger partial charge on any atom is -0.394 e. The Kier molecular flexibility index (Phi) is 40.4. The van der Waals surface area contributed by atoms with Crippen LogP contribution in [0.2, 0.25) is 0 Å². The summed E-state index contributed by atoms with van der Waals surface area (Å²) in [4.78, 5) is 13.0. The molecule has 0 spiro atoms. The molecular formula is C53H97NO8. The quantitative estimate of drug-likeness (QED) is 0.0262. The zero-order chi connectivity index (χ0) is 45.1. The number of carbonyl (C=O) groups excluding carboxylic acids is 1. The fourth-order valence-electron chi connectivity index (χ4n) is 7.97. The summed E-state index contributed by atoms with van der Waals surface area (Å²) >= 11 is 0. The smallest absolute Gasteiger partial charge is 0.220 e. The van der Waals surface area contributed by atoms with E-state index in [0.717, 1.165) is 44.9 Å². The average Bonchev–Trinajstić information content (AvgIpc) is 3.27. The Morgan fingerprint density at radius 1 is 0.548 bits per heavy atom. The number of amides is 1. The molecule has 1 amide bonds. The summed E-state index contributed by atoms with van der Waals surface area (Å²) in [6.45, 7) is 3.72. The minimum atomic E-state index is -1.57. The third-order valence-electron chi connectivity index (χ3n) is 12.1. The first kappa shape index (κ1) is 58.2. The SMILES string of the molecule is CCCCCC/C=C/CC/C=C/C(O)C(COC1OC(CO)C(O)C(O)C1O)NC(=O)CCCCCCCCCCCCCCC/C=C\C/C=C\CCCCCCCCCCC. The topological polar surface area (TPSA) is 149 Å². The van der Waals surface area contributed by atoms with E-state index in [1.807, 2.05) is 6.08 Å². The lowest BCUT2D eigenvalue weighted by Gasteiger charge is -2.40. The first-order valence-electron chi connectivity index (χ1n) is 25.9. The highest BCUT2D eigenvalue weighted by atomic mass is 16.7. The summed E-state index contributed by atoms with van der Waals surface area (Å²) in [5, 5.41) is 54.1. The highest BCUT2D eigenvalue weighted by Crippen LogP contribution is 2.23. The second-order valence-electron chi connectivity index (χ2n) is 18.0. The summed E-state index contributed by atoms with van der Waals surface area (Å²) in [7, 11) is 0. The van der Waals surface area contributed by atoms with Gasteiger partial charge in [0, 0.05) is 6.42 Å². The van der Waals surface area contributed by atoms with Crippen molar-refractivity contribution in [3.8, 4) is 0 Å². The van der Waals surface area contributed by atoms with Crippen molar-refractivity contribution in [1.82, 2.24) is 5.32 Å². The van der Waals surface area contributed by atoms with Gasteiger partial charge in [0.1, 0.15) is 24.4 Å². The predicted octanol–water partition coefficient (Wildman–Crippen LogP) is 11.8. The lowest BCUT2D eigenvalue weighted by atomic mass is 9.99. The zero-order valence-corrected chi connectivity index (χ0v) is 39.9. The third-order valence-corrected chi connectivity index (χ3v) is 12.1. The average molecular weight is 876 g/mol. The number of rotatable bonds is 43. The van der Waals surface area contributed by atoms with E-state index in [1.54, 1.807) is 6.08 Å². The number of carbonyl (C=O) groups is 1. The Bertz CT molecular complexity index is 1110. The lowest BCUT2D eigenvalue weighted by Crippen LogP contribution is -2.60. The molecule has 362 valence electrons. The summed E-state index contributed by atoms with van der Waals surface area (Å²) in [5.41, 5.74) is 0. The zero-order valence-electron chi connectivity index (χ0n) is 39.9. The number of nitrogens with one attached hydrogen (secondary N) is 1. The van der Waals surface area contributed by atoms with Crippen LogP contribution in [0, 0.1) is 0 Å².